The second-order valence-corrected chi connectivity index (χ2v) is 6.11. The zero-order chi connectivity index (χ0) is 16.4. The average molecular weight is 318 g/mol. The molecule has 3 aromatic rings. The summed E-state index contributed by atoms with van der Waals surface area (Å²) in [6, 6.07) is 14.2. The van der Waals surface area contributed by atoms with Gasteiger partial charge in [-0.1, -0.05) is 36.4 Å². The van der Waals surface area contributed by atoms with Crippen LogP contribution in [-0.4, -0.2) is 20.7 Å². The van der Waals surface area contributed by atoms with Crippen LogP contribution in [0.5, 0.6) is 0 Å². The highest BCUT2D eigenvalue weighted by Gasteiger charge is 2.28. The Hall–Kier alpha value is -2.95. The van der Waals surface area contributed by atoms with Crippen molar-refractivity contribution in [2.45, 2.75) is 25.3 Å². The van der Waals surface area contributed by atoms with E-state index < -0.39 is 0 Å². The monoisotopic (exact) mass is 318 g/mol. The molecule has 1 amide bonds. The summed E-state index contributed by atoms with van der Waals surface area (Å²) in [5.41, 5.74) is 3.41. The standard InChI is InChI=1S/C19H18N4O/c24-18-10-16(9-14-5-2-1-3-6-14)17-12-21-23(19(17)22-18)13-15-7-4-8-20-11-15/h1-8,11-12,16H,9-10,13H2,(H,22,24). The third kappa shape index (κ3) is 2.93. The molecule has 0 radical (unpaired) electrons. The molecule has 0 bridgehead atoms. The topological polar surface area (TPSA) is 59.8 Å². The minimum absolute atomic E-state index is 0.0522. The highest BCUT2D eigenvalue weighted by Crippen LogP contribution is 2.34. The van der Waals surface area contributed by atoms with Gasteiger partial charge in [0.15, 0.2) is 0 Å². The number of carbonyl (C=O) groups is 1. The molecule has 1 atom stereocenters. The smallest absolute Gasteiger partial charge is 0.226 e. The summed E-state index contributed by atoms with van der Waals surface area (Å²) in [6.07, 6.45) is 6.80. The van der Waals surface area contributed by atoms with Crippen LogP contribution in [0.1, 0.15) is 29.0 Å². The van der Waals surface area contributed by atoms with E-state index >= 15 is 0 Å². The average Bonchev–Trinajstić information content (AvgIpc) is 3.00. The number of nitrogens with zero attached hydrogens (tertiary/aromatic N) is 3. The van der Waals surface area contributed by atoms with Crippen molar-refractivity contribution in [1.82, 2.24) is 14.8 Å². The summed E-state index contributed by atoms with van der Waals surface area (Å²) < 4.78 is 1.85. The number of pyridine rings is 1. The van der Waals surface area contributed by atoms with Crippen molar-refractivity contribution in [3.63, 3.8) is 0 Å². The van der Waals surface area contributed by atoms with Gasteiger partial charge in [0.1, 0.15) is 5.82 Å². The molecule has 1 aliphatic rings. The largest absolute Gasteiger partial charge is 0.311 e. The fourth-order valence-electron chi connectivity index (χ4n) is 3.22. The lowest BCUT2D eigenvalue weighted by atomic mass is 9.88. The molecular formula is C19H18N4O. The molecule has 120 valence electrons. The number of fused-ring (bicyclic) bond motifs is 1. The number of anilines is 1. The Labute approximate surface area is 140 Å². The van der Waals surface area contributed by atoms with Gasteiger partial charge in [0.25, 0.3) is 0 Å². The lowest BCUT2D eigenvalue weighted by molar-refractivity contribution is -0.116. The first-order valence-corrected chi connectivity index (χ1v) is 8.08. The lowest BCUT2D eigenvalue weighted by Crippen LogP contribution is -2.25. The van der Waals surface area contributed by atoms with E-state index in [2.05, 4.69) is 27.5 Å². The molecular weight excluding hydrogens is 300 g/mol. The maximum atomic E-state index is 12.2. The number of benzene rings is 1. The van der Waals surface area contributed by atoms with Gasteiger partial charge in [-0.25, -0.2) is 4.68 Å². The highest BCUT2D eigenvalue weighted by atomic mass is 16.1. The summed E-state index contributed by atoms with van der Waals surface area (Å²) >= 11 is 0. The van der Waals surface area contributed by atoms with Crippen molar-refractivity contribution in [1.29, 1.82) is 0 Å². The molecule has 0 fully saturated rings. The molecule has 2 aromatic heterocycles. The second-order valence-electron chi connectivity index (χ2n) is 6.11. The molecule has 0 aliphatic carbocycles. The zero-order valence-corrected chi connectivity index (χ0v) is 13.2. The van der Waals surface area contributed by atoms with Crippen molar-refractivity contribution >= 4 is 11.7 Å². The van der Waals surface area contributed by atoms with E-state index in [9.17, 15) is 4.79 Å². The summed E-state index contributed by atoms with van der Waals surface area (Å²) in [4.78, 5) is 16.3. The maximum absolute atomic E-state index is 12.2. The lowest BCUT2D eigenvalue weighted by Gasteiger charge is -2.23. The number of carbonyl (C=O) groups excluding carboxylic acids is 1. The Morgan fingerprint density at radius 2 is 1.92 bits per heavy atom. The van der Waals surface area contributed by atoms with Crippen LogP contribution in [0.25, 0.3) is 0 Å². The van der Waals surface area contributed by atoms with Crippen molar-refractivity contribution in [2.75, 3.05) is 5.32 Å². The number of hydrogen-bond donors (Lipinski definition) is 1. The van der Waals surface area contributed by atoms with E-state index in [-0.39, 0.29) is 11.8 Å². The van der Waals surface area contributed by atoms with Gasteiger partial charge in [-0.05, 0) is 23.6 Å². The van der Waals surface area contributed by atoms with Crippen molar-refractivity contribution in [2.24, 2.45) is 0 Å². The Balaban J connectivity index is 1.62. The van der Waals surface area contributed by atoms with E-state index in [0.29, 0.717) is 13.0 Å². The van der Waals surface area contributed by atoms with Crippen molar-refractivity contribution in [3.05, 3.63) is 77.7 Å². The van der Waals surface area contributed by atoms with Gasteiger partial charge < -0.3 is 5.32 Å². The number of amides is 1. The van der Waals surface area contributed by atoms with Crippen molar-refractivity contribution in [3.8, 4) is 0 Å². The van der Waals surface area contributed by atoms with Crippen LogP contribution >= 0.6 is 0 Å². The van der Waals surface area contributed by atoms with Gasteiger partial charge in [-0.15, -0.1) is 0 Å². The normalized spacial score (nSPS) is 16.5. The minimum Gasteiger partial charge on any atom is -0.311 e. The Morgan fingerprint density at radius 3 is 2.71 bits per heavy atom. The van der Waals surface area contributed by atoms with E-state index in [1.807, 2.05) is 47.4 Å². The minimum atomic E-state index is 0.0522. The second kappa shape index (κ2) is 6.28. The van der Waals surface area contributed by atoms with E-state index in [1.54, 1.807) is 6.20 Å². The highest BCUT2D eigenvalue weighted by molar-refractivity contribution is 5.93. The Kier molecular flexibility index (Phi) is 3.83. The third-order valence-electron chi connectivity index (χ3n) is 4.38. The van der Waals surface area contributed by atoms with E-state index in [4.69, 9.17) is 0 Å². The zero-order valence-electron chi connectivity index (χ0n) is 13.2. The molecule has 1 aromatic carbocycles. The van der Waals surface area contributed by atoms with Crippen LogP contribution in [0.4, 0.5) is 5.82 Å². The van der Waals surface area contributed by atoms with Gasteiger partial charge >= 0.3 is 0 Å². The first kappa shape index (κ1) is 14.6. The predicted octanol–water partition coefficient (Wildman–Crippen LogP) is 2.99. The molecule has 0 saturated heterocycles. The first-order valence-electron chi connectivity index (χ1n) is 8.08. The molecule has 4 rings (SSSR count). The van der Waals surface area contributed by atoms with Gasteiger partial charge in [-0.3, -0.25) is 9.78 Å². The van der Waals surface area contributed by atoms with Gasteiger partial charge in [0.2, 0.25) is 5.91 Å². The van der Waals surface area contributed by atoms with E-state index in [1.165, 1.54) is 5.56 Å². The van der Waals surface area contributed by atoms with Crippen molar-refractivity contribution < 1.29 is 4.79 Å². The quantitative estimate of drug-likeness (QED) is 0.804. The fourth-order valence-corrected chi connectivity index (χ4v) is 3.22. The molecule has 3 heterocycles. The molecule has 1 N–H and O–H groups in total. The first-order chi connectivity index (χ1) is 11.8. The van der Waals surface area contributed by atoms with Gasteiger partial charge in [-0.2, -0.15) is 5.10 Å². The maximum Gasteiger partial charge on any atom is 0.226 e. The summed E-state index contributed by atoms with van der Waals surface area (Å²) in [6.45, 7) is 0.599. The van der Waals surface area contributed by atoms with Crippen LogP contribution in [0.3, 0.4) is 0 Å². The molecule has 5 nitrogen and oxygen atoms in total. The summed E-state index contributed by atoms with van der Waals surface area (Å²) in [7, 11) is 0. The van der Waals surface area contributed by atoms with Crippen LogP contribution in [-0.2, 0) is 17.8 Å². The Morgan fingerprint density at radius 1 is 1.08 bits per heavy atom. The SMILES string of the molecule is O=C1CC(Cc2ccccc2)c2cnn(Cc3cccnc3)c2N1. The summed E-state index contributed by atoms with van der Waals surface area (Å²) in [5, 5.41) is 7.48. The third-order valence-corrected chi connectivity index (χ3v) is 4.38. The number of hydrogen-bond acceptors (Lipinski definition) is 3. The number of rotatable bonds is 4. The molecule has 0 spiro atoms. The predicted molar refractivity (Wildman–Crippen MR) is 91.7 cm³/mol. The molecule has 1 aliphatic heterocycles. The molecule has 5 heteroatoms. The number of nitrogens with one attached hydrogen (secondary N) is 1. The van der Waals surface area contributed by atoms with Crippen LogP contribution in [0.2, 0.25) is 0 Å². The van der Waals surface area contributed by atoms with Crippen LogP contribution in [0, 0.1) is 0 Å². The van der Waals surface area contributed by atoms with Crippen LogP contribution < -0.4 is 5.32 Å². The fraction of sp³-hybridized carbons (Fsp3) is 0.211. The van der Waals surface area contributed by atoms with Gasteiger partial charge in [0, 0.05) is 30.3 Å². The van der Waals surface area contributed by atoms with Crippen LogP contribution in [0.15, 0.2) is 61.1 Å². The summed E-state index contributed by atoms with van der Waals surface area (Å²) in [5.74, 6) is 1.03. The van der Waals surface area contributed by atoms with Gasteiger partial charge in [0.05, 0.1) is 12.7 Å². The van der Waals surface area contributed by atoms with E-state index in [0.717, 1.165) is 23.4 Å². The number of aromatic nitrogens is 3. The Bertz CT molecular complexity index is 842. The molecule has 24 heavy (non-hydrogen) atoms. The molecule has 0 saturated carbocycles. The molecule has 1 unspecified atom stereocenters.